The van der Waals surface area contributed by atoms with Crippen LogP contribution in [0.3, 0.4) is 0 Å². The summed E-state index contributed by atoms with van der Waals surface area (Å²) in [4.78, 5) is 2.45. The molecule has 2 aliphatic heterocycles. The summed E-state index contributed by atoms with van der Waals surface area (Å²) in [7, 11) is 2.23. The van der Waals surface area contributed by atoms with Crippen LogP contribution >= 0.6 is 0 Å². The van der Waals surface area contributed by atoms with E-state index in [1.165, 1.54) is 51.7 Å². The molecule has 0 aromatic rings. The van der Waals surface area contributed by atoms with Gasteiger partial charge in [-0.2, -0.15) is 0 Å². The number of nitrogens with one attached hydrogen (secondary N) is 1. The van der Waals surface area contributed by atoms with Crippen LogP contribution in [0.25, 0.3) is 0 Å². The third-order valence-corrected chi connectivity index (χ3v) is 3.80. The third-order valence-electron chi connectivity index (χ3n) is 3.80. The Bertz CT molecular complexity index is 192. The van der Waals surface area contributed by atoms with Crippen molar-refractivity contribution >= 4 is 0 Å². The number of hydrogen-bond acceptors (Lipinski definition) is 3. The van der Waals surface area contributed by atoms with Gasteiger partial charge in [0.1, 0.15) is 0 Å². The molecule has 94 valence electrons. The largest absolute Gasteiger partial charge is 0.377 e. The van der Waals surface area contributed by atoms with Gasteiger partial charge in [-0.25, -0.2) is 0 Å². The normalized spacial score (nSPS) is 32.8. The highest BCUT2D eigenvalue weighted by Crippen LogP contribution is 2.15. The van der Waals surface area contributed by atoms with E-state index in [1.54, 1.807) is 0 Å². The second-order valence-corrected chi connectivity index (χ2v) is 5.42. The molecule has 2 atom stereocenters. The zero-order valence-electron chi connectivity index (χ0n) is 10.6. The fourth-order valence-electron chi connectivity index (χ4n) is 2.86. The van der Waals surface area contributed by atoms with Crippen LogP contribution in [0.1, 0.15) is 32.1 Å². The number of hydrogen-bond donors (Lipinski definition) is 1. The summed E-state index contributed by atoms with van der Waals surface area (Å²) in [5.41, 5.74) is 0. The molecule has 0 bridgehead atoms. The smallest absolute Gasteiger partial charge is 0.0699 e. The van der Waals surface area contributed by atoms with Crippen molar-refractivity contribution in [2.75, 3.05) is 39.8 Å². The van der Waals surface area contributed by atoms with E-state index in [4.69, 9.17) is 4.74 Å². The third kappa shape index (κ3) is 4.04. The molecule has 2 rings (SSSR count). The highest BCUT2D eigenvalue weighted by Gasteiger charge is 2.18. The molecule has 2 fully saturated rings. The van der Waals surface area contributed by atoms with E-state index >= 15 is 0 Å². The zero-order valence-corrected chi connectivity index (χ0v) is 10.6. The lowest BCUT2D eigenvalue weighted by molar-refractivity contribution is 0.0160. The second-order valence-electron chi connectivity index (χ2n) is 5.42. The first-order valence-corrected chi connectivity index (χ1v) is 6.85. The molecule has 0 aromatic heterocycles. The van der Waals surface area contributed by atoms with Crippen LogP contribution in [0.15, 0.2) is 0 Å². The first-order valence-electron chi connectivity index (χ1n) is 6.85. The van der Waals surface area contributed by atoms with Gasteiger partial charge in [0.15, 0.2) is 0 Å². The summed E-state index contributed by atoms with van der Waals surface area (Å²) in [5.74, 6) is 0.849. The number of nitrogens with zero attached hydrogens (tertiary/aromatic N) is 1. The Morgan fingerprint density at radius 1 is 1.19 bits per heavy atom. The Morgan fingerprint density at radius 3 is 2.88 bits per heavy atom. The van der Waals surface area contributed by atoms with Crippen molar-refractivity contribution in [2.24, 2.45) is 5.92 Å². The first-order chi connectivity index (χ1) is 7.84. The van der Waals surface area contributed by atoms with E-state index < -0.39 is 0 Å². The zero-order chi connectivity index (χ0) is 11.2. The predicted octanol–water partition coefficient (Wildman–Crippen LogP) is 1.49. The molecule has 2 aliphatic rings. The van der Waals surface area contributed by atoms with E-state index in [1.807, 2.05) is 0 Å². The Kier molecular flexibility index (Phi) is 5.07. The highest BCUT2D eigenvalue weighted by atomic mass is 16.5. The summed E-state index contributed by atoms with van der Waals surface area (Å²) in [6, 6.07) is 0. The molecule has 3 heteroatoms. The van der Waals surface area contributed by atoms with Crippen LogP contribution < -0.4 is 5.32 Å². The van der Waals surface area contributed by atoms with Gasteiger partial charge >= 0.3 is 0 Å². The Balaban J connectivity index is 1.56. The Labute approximate surface area is 99.5 Å². The van der Waals surface area contributed by atoms with E-state index in [2.05, 4.69) is 17.3 Å². The molecule has 0 amide bonds. The van der Waals surface area contributed by atoms with E-state index in [0.717, 1.165) is 19.1 Å². The number of likely N-dealkylation sites (tertiary alicyclic amines) is 1. The summed E-state index contributed by atoms with van der Waals surface area (Å²) >= 11 is 0. The molecule has 2 unspecified atom stereocenters. The van der Waals surface area contributed by atoms with Gasteiger partial charge < -0.3 is 15.0 Å². The minimum atomic E-state index is 0.482. The molecule has 0 saturated carbocycles. The predicted molar refractivity (Wildman–Crippen MR) is 66.7 cm³/mol. The topological polar surface area (TPSA) is 24.5 Å². The molecular formula is C13H26N2O. The number of rotatable bonds is 4. The van der Waals surface area contributed by atoms with Crippen molar-refractivity contribution in [1.29, 1.82) is 0 Å². The van der Waals surface area contributed by atoms with E-state index in [-0.39, 0.29) is 0 Å². The van der Waals surface area contributed by atoms with Gasteiger partial charge in [0.25, 0.3) is 0 Å². The quantitative estimate of drug-likeness (QED) is 0.786. The van der Waals surface area contributed by atoms with Gasteiger partial charge in [-0.3, -0.25) is 0 Å². The molecule has 1 N–H and O–H groups in total. The fourth-order valence-corrected chi connectivity index (χ4v) is 2.86. The second kappa shape index (κ2) is 6.58. The van der Waals surface area contributed by atoms with Crippen molar-refractivity contribution in [2.45, 2.75) is 38.2 Å². The van der Waals surface area contributed by atoms with Gasteiger partial charge in [-0.05, 0) is 58.2 Å². The number of ether oxygens (including phenoxy) is 1. The SMILES string of the molecule is CN1CCCC(CNCC2CCCCO2)C1. The molecule has 2 heterocycles. The molecule has 0 spiro atoms. The van der Waals surface area contributed by atoms with Gasteiger partial charge in [0.05, 0.1) is 6.10 Å². The first kappa shape index (κ1) is 12.3. The van der Waals surface area contributed by atoms with Crippen LogP contribution in [-0.4, -0.2) is 50.8 Å². The van der Waals surface area contributed by atoms with Gasteiger partial charge in [-0.15, -0.1) is 0 Å². The van der Waals surface area contributed by atoms with Crippen molar-refractivity contribution in [3.05, 3.63) is 0 Å². The minimum Gasteiger partial charge on any atom is -0.377 e. The van der Waals surface area contributed by atoms with Crippen molar-refractivity contribution in [1.82, 2.24) is 10.2 Å². The van der Waals surface area contributed by atoms with E-state index in [0.29, 0.717) is 6.10 Å². The molecule has 0 aliphatic carbocycles. The highest BCUT2D eigenvalue weighted by molar-refractivity contribution is 4.74. The lowest BCUT2D eigenvalue weighted by atomic mass is 9.98. The molecule has 3 nitrogen and oxygen atoms in total. The van der Waals surface area contributed by atoms with Crippen LogP contribution in [0.2, 0.25) is 0 Å². The maximum atomic E-state index is 5.72. The lowest BCUT2D eigenvalue weighted by Crippen LogP contribution is -2.40. The average molecular weight is 226 g/mol. The van der Waals surface area contributed by atoms with Crippen LogP contribution in [0.4, 0.5) is 0 Å². The molecule has 2 saturated heterocycles. The average Bonchev–Trinajstić information content (AvgIpc) is 2.30. The maximum Gasteiger partial charge on any atom is 0.0699 e. The van der Waals surface area contributed by atoms with Crippen molar-refractivity contribution < 1.29 is 4.74 Å². The van der Waals surface area contributed by atoms with Crippen LogP contribution in [0.5, 0.6) is 0 Å². The molecular weight excluding hydrogens is 200 g/mol. The lowest BCUT2D eigenvalue weighted by Gasteiger charge is -2.30. The molecule has 16 heavy (non-hydrogen) atoms. The number of piperidine rings is 1. The van der Waals surface area contributed by atoms with E-state index in [9.17, 15) is 0 Å². The molecule has 0 radical (unpaired) electrons. The monoisotopic (exact) mass is 226 g/mol. The van der Waals surface area contributed by atoms with Crippen molar-refractivity contribution in [3.63, 3.8) is 0 Å². The molecule has 0 aromatic carbocycles. The van der Waals surface area contributed by atoms with Crippen LogP contribution in [0, 0.1) is 5.92 Å². The standard InChI is InChI=1S/C13H26N2O/c1-15-7-4-5-12(11-15)9-14-10-13-6-2-3-8-16-13/h12-14H,2-11H2,1H3. The summed E-state index contributed by atoms with van der Waals surface area (Å²) in [5, 5.41) is 3.59. The van der Waals surface area contributed by atoms with Gasteiger partial charge in [-0.1, -0.05) is 0 Å². The Morgan fingerprint density at radius 2 is 2.12 bits per heavy atom. The minimum absolute atomic E-state index is 0.482. The van der Waals surface area contributed by atoms with Crippen molar-refractivity contribution in [3.8, 4) is 0 Å². The fraction of sp³-hybridized carbons (Fsp3) is 1.00. The van der Waals surface area contributed by atoms with Gasteiger partial charge in [0.2, 0.25) is 0 Å². The summed E-state index contributed by atoms with van der Waals surface area (Å²) < 4.78 is 5.72. The summed E-state index contributed by atoms with van der Waals surface area (Å²) in [6.07, 6.45) is 7.08. The summed E-state index contributed by atoms with van der Waals surface area (Å²) in [6.45, 7) is 5.74. The van der Waals surface area contributed by atoms with Gasteiger partial charge in [0, 0.05) is 19.7 Å². The maximum absolute atomic E-state index is 5.72. The Hall–Kier alpha value is -0.120. The van der Waals surface area contributed by atoms with Crippen LogP contribution in [-0.2, 0) is 4.74 Å².